The second kappa shape index (κ2) is 5.49. The average molecular weight is 304 g/mol. The summed E-state index contributed by atoms with van der Waals surface area (Å²) in [5.41, 5.74) is 9.93. The Morgan fingerprint density at radius 2 is 2.14 bits per heavy atom. The highest BCUT2D eigenvalue weighted by Crippen LogP contribution is 2.22. The lowest BCUT2D eigenvalue weighted by Crippen LogP contribution is -2.35. The van der Waals surface area contributed by atoms with Crippen LogP contribution < -0.4 is 21.8 Å². The zero-order valence-electron chi connectivity index (χ0n) is 11.0. The number of halogens is 1. The third-order valence-electron chi connectivity index (χ3n) is 3.29. The number of urea groups is 1. The molecule has 0 radical (unpaired) electrons. The fraction of sp³-hybridized carbons (Fsp3) is 0.143. The van der Waals surface area contributed by atoms with Gasteiger partial charge in [0.05, 0.1) is 22.7 Å². The van der Waals surface area contributed by atoms with Crippen LogP contribution in [0.25, 0.3) is 0 Å². The van der Waals surface area contributed by atoms with Crippen molar-refractivity contribution in [1.29, 1.82) is 0 Å². The number of hydrogen-bond acceptors (Lipinski definition) is 4. The van der Waals surface area contributed by atoms with Crippen LogP contribution >= 0.6 is 11.6 Å². The van der Waals surface area contributed by atoms with Crippen molar-refractivity contribution >= 4 is 29.2 Å². The first-order valence-electron chi connectivity index (χ1n) is 6.44. The van der Waals surface area contributed by atoms with Crippen molar-refractivity contribution in [2.24, 2.45) is 16.8 Å². The number of rotatable bonds is 2. The summed E-state index contributed by atoms with van der Waals surface area (Å²) in [6.07, 6.45) is 5.60. The molecular weight excluding hydrogens is 290 g/mol. The Morgan fingerprint density at radius 1 is 1.33 bits per heavy atom. The lowest BCUT2D eigenvalue weighted by atomic mass is 9.94. The van der Waals surface area contributed by atoms with Crippen LogP contribution in [0.1, 0.15) is 0 Å². The summed E-state index contributed by atoms with van der Waals surface area (Å²) in [6.45, 7) is 0. The van der Waals surface area contributed by atoms with Gasteiger partial charge in [0.15, 0.2) is 0 Å². The Hall–Kier alpha value is -2.47. The molecule has 1 heterocycles. The number of nitrogens with one attached hydrogen (secondary N) is 3. The molecule has 1 aromatic rings. The smallest absolute Gasteiger partial charge is 0.323 e. The molecule has 0 saturated carbocycles. The summed E-state index contributed by atoms with van der Waals surface area (Å²) in [6, 6.07) is 6.74. The Bertz CT molecular complexity index is 667. The molecule has 2 unspecified atom stereocenters. The molecule has 0 fully saturated rings. The molecule has 3 rings (SSSR count). The maximum Gasteiger partial charge on any atom is 0.323 e. The van der Waals surface area contributed by atoms with Gasteiger partial charge in [-0.25, -0.2) is 4.79 Å². The molecule has 2 aliphatic rings. The van der Waals surface area contributed by atoms with Crippen LogP contribution in [0.2, 0.25) is 5.02 Å². The molecule has 6 nitrogen and oxygen atoms in total. The van der Waals surface area contributed by atoms with E-state index in [0.29, 0.717) is 22.2 Å². The van der Waals surface area contributed by atoms with Gasteiger partial charge in [0.1, 0.15) is 5.84 Å². The van der Waals surface area contributed by atoms with Crippen molar-refractivity contribution in [2.45, 2.75) is 6.04 Å². The molecule has 0 saturated heterocycles. The number of para-hydroxylation sites is 1. The maximum atomic E-state index is 12.0. The number of hydrazone groups is 1. The fourth-order valence-corrected chi connectivity index (χ4v) is 2.41. The van der Waals surface area contributed by atoms with E-state index < -0.39 is 0 Å². The number of carbonyl (C=O) groups excluding carboxylic acids is 1. The summed E-state index contributed by atoms with van der Waals surface area (Å²) in [7, 11) is 0. The van der Waals surface area contributed by atoms with Gasteiger partial charge in [0.25, 0.3) is 0 Å². The van der Waals surface area contributed by atoms with Crippen LogP contribution in [-0.2, 0) is 0 Å². The van der Waals surface area contributed by atoms with E-state index in [1.54, 1.807) is 24.3 Å². The Kier molecular flexibility index (Phi) is 3.53. The van der Waals surface area contributed by atoms with E-state index in [1.807, 2.05) is 18.2 Å². The van der Waals surface area contributed by atoms with E-state index in [4.69, 9.17) is 17.3 Å². The van der Waals surface area contributed by atoms with Crippen molar-refractivity contribution < 1.29 is 4.79 Å². The Balaban J connectivity index is 1.66. The molecule has 0 bridgehead atoms. The first-order chi connectivity index (χ1) is 10.1. The van der Waals surface area contributed by atoms with E-state index in [1.165, 1.54) is 0 Å². The van der Waals surface area contributed by atoms with E-state index in [-0.39, 0.29) is 18.0 Å². The number of benzene rings is 1. The monoisotopic (exact) mass is 303 g/mol. The van der Waals surface area contributed by atoms with Gasteiger partial charge in [-0.15, -0.1) is 0 Å². The summed E-state index contributed by atoms with van der Waals surface area (Å²) >= 11 is 5.99. The van der Waals surface area contributed by atoms with Gasteiger partial charge < -0.3 is 21.8 Å². The van der Waals surface area contributed by atoms with E-state index >= 15 is 0 Å². The van der Waals surface area contributed by atoms with Crippen LogP contribution in [0.5, 0.6) is 0 Å². The van der Waals surface area contributed by atoms with Crippen molar-refractivity contribution in [1.82, 2.24) is 10.7 Å². The molecule has 7 heteroatoms. The summed E-state index contributed by atoms with van der Waals surface area (Å²) in [5.74, 6) is 0.473. The number of allylic oxidation sites excluding steroid dienone is 1. The lowest BCUT2D eigenvalue weighted by molar-refractivity contribution is 0.254. The molecule has 2 atom stereocenters. The molecule has 0 aromatic heterocycles. The third-order valence-corrected chi connectivity index (χ3v) is 3.62. The van der Waals surface area contributed by atoms with Gasteiger partial charge >= 0.3 is 6.03 Å². The van der Waals surface area contributed by atoms with Gasteiger partial charge in [-0.2, -0.15) is 5.10 Å². The standard InChI is InChI=1S/C14H14ClN5O/c15-10-3-1-2-4-12(10)18-14(21)17-8-5-6-11-9(7-8)13(16)20-19-11/h1-7,9,11,19H,(H2,16,20)(H2,17,18,21). The minimum Gasteiger partial charge on any atom is -0.385 e. The number of nitrogens with two attached hydrogens (primary N) is 1. The number of hydrogen-bond donors (Lipinski definition) is 4. The van der Waals surface area contributed by atoms with E-state index in [0.717, 1.165) is 0 Å². The lowest BCUT2D eigenvalue weighted by Gasteiger charge is -2.19. The van der Waals surface area contributed by atoms with E-state index in [2.05, 4.69) is 21.2 Å². The molecule has 5 N–H and O–H groups in total. The summed E-state index contributed by atoms with van der Waals surface area (Å²) < 4.78 is 0. The maximum absolute atomic E-state index is 12.0. The van der Waals surface area contributed by atoms with Gasteiger partial charge in [0, 0.05) is 5.70 Å². The third kappa shape index (κ3) is 2.85. The summed E-state index contributed by atoms with van der Waals surface area (Å²) in [4.78, 5) is 12.0. The molecule has 2 amide bonds. The van der Waals surface area contributed by atoms with Crippen LogP contribution in [0.3, 0.4) is 0 Å². The second-order valence-electron chi connectivity index (χ2n) is 4.76. The van der Waals surface area contributed by atoms with Crippen molar-refractivity contribution in [3.63, 3.8) is 0 Å². The van der Waals surface area contributed by atoms with Crippen LogP contribution in [0.15, 0.2) is 53.3 Å². The van der Waals surface area contributed by atoms with Crippen molar-refractivity contribution in [2.75, 3.05) is 5.32 Å². The molecule has 1 aliphatic carbocycles. The quantitative estimate of drug-likeness (QED) is 0.671. The number of fused-ring (bicyclic) bond motifs is 1. The SMILES string of the molecule is NC1=NNC2C=CC(NC(=O)Nc3ccccc3Cl)=CC12. The molecule has 1 aliphatic heterocycles. The normalized spacial score (nSPS) is 22.7. The molecule has 0 spiro atoms. The molecule has 1 aromatic carbocycles. The highest BCUT2D eigenvalue weighted by Gasteiger charge is 2.29. The van der Waals surface area contributed by atoms with Crippen LogP contribution in [0.4, 0.5) is 10.5 Å². The summed E-state index contributed by atoms with van der Waals surface area (Å²) in [5, 5.41) is 9.91. The largest absolute Gasteiger partial charge is 0.385 e. The number of carbonyl (C=O) groups is 1. The Labute approximate surface area is 126 Å². The van der Waals surface area contributed by atoms with Gasteiger partial charge in [-0.1, -0.05) is 29.8 Å². The first kappa shape index (κ1) is 13.5. The zero-order chi connectivity index (χ0) is 14.8. The minimum absolute atomic E-state index is 0.0365. The second-order valence-corrected chi connectivity index (χ2v) is 5.16. The molecule has 108 valence electrons. The van der Waals surface area contributed by atoms with Crippen LogP contribution in [0, 0.1) is 5.92 Å². The predicted molar refractivity (Wildman–Crippen MR) is 82.9 cm³/mol. The highest BCUT2D eigenvalue weighted by atomic mass is 35.5. The minimum atomic E-state index is -0.362. The fourth-order valence-electron chi connectivity index (χ4n) is 2.23. The zero-order valence-corrected chi connectivity index (χ0v) is 11.8. The van der Waals surface area contributed by atoms with Gasteiger partial charge in [0.2, 0.25) is 0 Å². The predicted octanol–water partition coefficient (Wildman–Crippen LogP) is 1.78. The average Bonchev–Trinajstić information content (AvgIpc) is 2.83. The van der Waals surface area contributed by atoms with E-state index in [9.17, 15) is 4.79 Å². The number of nitrogens with zero attached hydrogens (tertiary/aromatic N) is 1. The molecule has 21 heavy (non-hydrogen) atoms. The van der Waals surface area contributed by atoms with Crippen LogP contribution in [-0.4, -0.2) is 17.9 Å². The molecular formula is C14H14ClN5O. The number of anilines is 1. The van der Waals surface area contributed by atoms with Gasteiger partial charge in [-0.05, 0) is 24.3 Å². The first-order valence-corrected chi connectivity index (χ1v) is 6.82. The highest BCUT2D eigenvalue weighted by molar-refractivity contribution is 6.33. The van der Waals surface area contributed by atoms with Crippen molar-refractivity contribution in [3.8, 4) is 0 Å². The number of amides is 2. The van der Waals surface area contributed by atoms with Gasteiger partial charge in [-0.3, -0.25) is 0 Å². The topological polar surface area (TPSA) is 91.5 Å². The Morgan fingerprint density at radius 3 is 2.95 bits per heavy atom. The number of amidine groups is 1. The van der Waals surface area contributed by atoms with Crippen molar-refractivity contribution in [3.05, 3.63) is 53.2 Å².